The number of nitriles is 1. The van der Waals surface area contributed by atoms with Gasteiger partial charge in [0.2, 0.25) is 0 Å². The van der Waals surface area contributed by atoms with Crippen LogP contribution in [0.1, 0.15) is 18.2 Å². The third-order valence-electron chi connectivity index (χ3n) is 3.26. The highest BCUT2D eigenvalue weighted by Crippen LogP contribution is 2.55. The lowest BCUT2D eigenvalue weighted by atomic mass is 10.0. The van der Waals surface area contributed by atoms with Crippen LogP contribution in [0, 0.1) is 17.2 Å². The van der Waals surface area contributed by atoms with Crippen molar-refractivity contribution >= 4 is 40.0 Å². The van der Waals surface area contributed by atoms with Gasteiger partial charge >= 0.3 is 0 Å². The highest BCUT2D eigenvalue weighted by Gasteiger charge is 2.57. The first-order valence-electron chi connectivity index (χ1n) is 5.79. The normalized spacial score (nSPS) is 21.8. The third kappa shape index (κ3) is 2.09. The second-order valence-corrected chi connectivity index (χ2v) is 6.16. The Hall–Kier alpha value is -1.57. The number of halogens is 2. The minimum atomic E-state index is -1.02. The quantitative estimate of drug-likeness (QED) is 0.885. The van der Waals surface area contributed by atoms with Gasteiger partial charge in [-0.05, 0) is 18.6 Å². The smallest absolute Gasteiger partial charge is 0.163 e. The first-order chi connectivity index (χ1) is 9.03. The Morgan fingerprint density at radius 2 is 2.21 bits per heavy atom. The molecular weight excluding hydrogens is 285 g/mol. The average Bonchev–Trinajstić information content (AvgIpc) is 2.84. The molecule has 4 nitrogen and oxygen atoms in total. The molecule has 2 unspecified atom stereocenters. The predicted molar refractivity (Wildman–Crippen MR) is 72.0 cm³/mol. The van der Waals surface area contributed by atoms with Crippen LogP contribution in [-0.2, 0) is 4.79 Å². The Kier molecular flexibility index (Phi) is 2.77. The van der Waals surface area contributed by atoms with Crippen molar-refractivity contribution in [2.75, 3.05) is 0 Å². The number of rotatable bonds is 3. The van der Waals surface area contributed by atoms with Gasteiger partial charge in [-0.25, -0.2) is 4.98 Å². The number of nitrogens with zero attached hydrogens (tertiary/aromatic N) is 2. The van der Waals surface area contributed by atoms with Crippen molar-refractivity contribution in [1.82, 2.24) is 9.97 Å². The second kappa shape index (κ2) is 4.22. The largest absolute Gasteiger partial charge is 0.340 e. The molecular formula is C13H9Cl2N3O. The van der Waals surface area contributed by atoms with Crippen molar-refractivity contribution < 1.29 is 4.79 Å². The number of nitrogens with one attached hydrogen (secondary N) is 1. The average molecular weight is 294 g/mol. The zero-order valence-electron chi connectivity index (χ0n) is 9.73. The maximum Gasteiger partial charge on any atom is 0.163 e. The number of hydrogen-bond acceptors (Lipinski definition) is 3. The molecule has 2 aromatic rings. The first-order valence-corrected chi connectivity index (χ1v) is 6.54. The number of aromatic nitrogens is 2. The molecule has 0 spiro atoms. The SMILES string of the molecule is N#CC(C(=O)C1CC1(Cl)Cl)c1nc2ccccc2[nH]1. The van der Waals surface area contributed by atoms with Crippen molar-refractivity contribution in [2.45, 2.75) is 16.7 Å². The van der Waals surface area contributed by atoms with Crippen LogP contribution in [0.15, 0.2) is 24.3 Å². The van der Waals surface area contributed by atoms with Crippen LogP contribution in [0.5, 0.6) is 0 Å². The van der Waals surface area contributed by atoms with E-state index in [-0.39, 0.29) is 5.78 Å². The van der Waals surface area contributed by atoms with Crippen LogP contribution in [0.25, 0.3) is 11.0 Å². The monoisotopic (exact) mass is 293 g/mol. The molecule has 3 rings (SSSR count). The van der Waals surface area contributed by atoms with Gasteiger partial charge in [0.05, 0.1) is 23.0 Å². The highest BCUT2D eigenvalue weighted by atomic mass is 35.5. The molecule has 0 amide bonds. The fraction of sp³-hybridized carbons (Fsp3) is 0.308. The zero-order valence-corrected chi connectivity index (χ0v) is 11.2. The van der Waals surface area contributed by atoms with Gasteiger partial charge in [0.15, 0.2) is 11.7 Å². The van der Waals surface area contributed by atoms with Crippen LogP contribution in [0.4, 0.5) is 0 Å². The molecule has 1 aliphatic carbocycles. The van der Waals surface area contributed by atoms with Gasteiger partial charge in [0, 0.05) is 0 Å². The van der Waals surface area contributed by atoms with Crippen LogP contribution >= 0.6 is 23.2 Å². The lowest BCUT2D eigenvalue weighted by molar-refractivity contribution is -0.120. The summed E-state index contributed by atoms with van der Waals surface area (Å²) in [5.74, 6) is -1.35. The minimum Gasteiger partial charge on any atom is -0.340 e. The molecule has 1 N–H and O–H groups in total. The molecule has 1 aromatic carbocycles. The summed E-state index contributed by atoms with van der Waals surface area (Å²) in [4.78, 5) is 19.5. The number of fused-ring (bicyclic) bond motifs is 1. The lowest BCUT2D eigenvalue weighted by Gasteiger charge is -2.04. The summed E-state index contributed by atoms with van der Waals surface area (Å²) < 4.78 is -1.02. The van der Waals surface area contributed by atoms with E-state index in [1.165, 1.54) is 0 Å². The standard InChI is InChI=1S/C13H9Cl2N3O/c14-13(15)5-8(13)11(19)7(6-16)12-17-9-3-1-2-4-10(9)18-12/h1-4,7-8H,5H2,(H,17,18). The number of ketones is 1. The topological polar surface area (TPSA) is 69.5 Å². The molecule has 1 aromatic heterocycles. The summed E-state index contributed by atoms with van der Waals surface area (Å²) in [6, 6.07) is 9.34. The minimum absolute atomic E-state index is 0.272. The van der Waals surface area contributed by atoms with Gasteiger partial charge in [-0.3, -0.25) is 4.79 Å². The molecule has 0 aliphatic heterocycles. The second-order valence-electron chi connectivity index (χ2n) is 4.62. The Bertz CT molecular complexity index is 668. The molecule has 0 radical (unpaired) electrons. The fourth-order valence-corrected chi connectivity index (χ4v) is 2.62. The number of hydrogen-bond donors (Lipinski definition) is 1. The van der Waals surface area contributed by atoms with Gasteiger partial charge in [0.25, 0.3) is 0 Å². The maximum atomic E-state index is 12.2. The number of benzene rings is 1. The van der Waals surface area contributed by atoms with E-state index in [1.807, 2.05) is 30.3 Å². The maximum absolute atomic E-state index is 12.2. The number of H-pyrrole nitrogens is 1. The summed E-state index contributed by atoms with van der Waals surface area (Å²) >= 11 is 11.7. The zero-order chi connectivity index (χ0) is 13.6. The molecule has 0 bridgehead atoms. The third-order valence-corrected chi connectivity index (χ3v) is 4.10. The number of aromatic amines is 1. The van der Waals surface area contributed by atoms with Crippen molar-refractivity contribution in [3.05, 3.63) is 30.1 Å². The number of para-hydroxylation sites is 2. The van der Waals surface area contributed by atoms with Crippen molar-refractivity contribution in [3.8, 4) is 6.07 Å². The Balaban J connectivity index is 1.94. The van der Waals surface area contributed by atoms with E-state index in [4.69, 9.17) is 23.2 Å². The first kappa shape index (κ1) is 12.5. The number of carbonyl (C=O) groups excluding carboxylic acids is 1. The Morgan fingerprint density at radius 3 is 2.79 bits per heavy atom. The predicted octanol–water partition coefficient (Wildman–Crippen LogP) is 2.93. The van der Waals surface area contributed by atoms with Crippen molar-refractivity contribution in [1.29, 1.82) is 5.26 Å². The van der Waals surface area contributed by atoms with Gasteiger partial charge < -0.3 is 4.98 Å². The molecule has 1 aliphatic rings. The summed E-state index contributed by atoms with van der Waals surface area (Å²) in [5, 5.41) is 9.20. The van der Waals surface area contributed by atoms with Crippen LogP contribution in [0.3, 0.4) is 0 Å². The number of Topliss-reactive ketones (excluding diaryl/α,β-unsaturated/α-hetero) is 1. The van der Waals surface area contributed by atoms with Crippen LogP contribution in [0.2, 0.25) is 0 Å². The summed E-state index contributed by atoms with van der Waals surface area (Å²) in [7, 11) is 0. The van der Waals surface area contributed by atoms with E-state index >= 15 is 0 Å². The van der Waals surface area contributed by atoms with E-state index in [2.05, 4.69) is 9.97 Å². The highest BCUT2D eigenvalue weighted by molar-refractivity contribution is 6.52. The van der Waals surface area contributed by atoms with Gasteiger partial charge in [-0.15, -0.1) is 23.2 Å². The molecule has 1 heterocycles. The van der Waals surface area contributed by atoms with Gasteiger partial charge in [0.1, 0.15) is 10.2 Å². The van der Waals surface area contributed by atoms with Gasteiger partial charge in [-0.1, -0.05) is 12.1 Å². The van der Waals surface area contributed by atoms with E-state index in [9.17, 15) is 10.1 Å². The van der Waals surface area contributed by atoms with E-state index in [0.29, 0.717) is 12.2 Å². The number of imidazole rings is 1. The van der Waals surface area contributed by atoms with E-state index < -0.39 is 16.2 Å². The van der Waals surface area contributed by atoms with Crippen LogP contribution in [-0.4, -0.2) is 20.1 Å². The lowest BCUT2D eigenvalue weighted by Crippen LogP contribution is -2.17. The van der Waals surface area contributed by atoms with Crippen molar-refractivity contribution in [2.24, 2.45) is 5.92 Å². The molecule has 1 saturated carbocycles. The Labute approximate surface area is 119 Å². The number of carbonyl (C=O) groups is 1. The molecule has 19 heavy (non-hydrogen) atoms. The molecule has 6 heteroatoms. The Morgan fingerprint density at radius 1 is 1.53 bits per heavy atom. The summed E-state index contributed by atoms with van der Waals surface area (Å²) in [6.45, 7) is 0. The summed E-state index contributed by atoms with van der Waals surface area (Å²) in [6.07, 6.45) is 0.396. The molecule has 96 valence electrons. The fourth-order valence-electron chi connectivity index (χ4n) is 2.09. The molecule has 2 atom stereocenters. The molecule has 0 saturated heterocycles. The van der Waals surface area contributed by atoms with Crippen LogP contribution < -0.4 is 0 Å². The van der Waals surface area contributed by atoms with Gasteiger partial charge in [-0.2, -0.15) is 5.26 Å². The van der Waals surface area contributed by atoms with E-state index in [0.717, 1.165) is 11.0 Å². The number of alkyl halides is 2. The van der Waals surface area contributed by atoms with E-state index in [1.54, 1.807) is 0 Å². The summed E-state index contributed by atoms with van der Waals surface area (Å²) in [5.41, 5.74) is 1.52. The molecule has 1 fully saturated rings. The van der Waals surface area contributed by atoms with Crippen molar-refractivity contribution in [3.63, 3.8) is 0 Å².